The highest BCUT2D eigenvalue weighted by atomic mass is 16.5. The van der Waals surface area contributed by atoms with Crippen LogP contribution >= 0.6 is 0 Å². The Balaban J connectivity index is 3.03. The summed E-state index contributed by atoms with van der Waals surface area (Å²) in [7, 11) is 3.61. The Bertz CT molecular complexity index is 279. The number of rotatable bonds is 3. The summed E-state index contributed by atoms with van der Waals surface area (Å²) in [6.07, 6.45) is -0.0000926. The van der Waals surface area contributed by atoms with Crippen molar-refractivity contribution >= 4 is 0 Å². The Hall–Kier alpha value is -0.860. The van der Waals surface area contributed by atoms with E-state index in [-0.39, 0.29) is 6.23 Å². The summed E-state index contributed by atoms with van der Waals surface area (Å²) in [4.78, 5) is 0. The Morgan fingerprint density at radius 2 is 2.00 bits per heavy atom. The van der Waals surface area contributed by atoms with E-state index in [1.54, 1.807) is 7.11 Å². The van der Waals surface area contributed by atoms with Crippen molar-refractivity contribution in [3.63, 3.8) is 0 Å². The average Bonchev–Trinajstić information content (AvgIpc) is 2.13. The van der Waals surface area contributed by atoms with Gasteiger partial charge in [0.1, 0.15) is 6.23 Å². The fourth-order valence-corrected chi connectivity index (χ4v) is 1.44. The lowest BCUT2D eigenvalue weighted by atomic mass is 10.0. The molecule has 0 amide bonds. The van der Waals surface area contributed by atoms with Gasteiger partial charge in [-0.25, -0.2) is 0 Å². The highest BCUT2D eigenvalue weighted by Crippen LogP contribution is 2.19. The Labute approximate surface area is 79.9 Å². The van der Waals surface area contributed by atoms with Crippen molar-refractivity contribution in [2.75, 3.05) is 14.2 Å². The van der Waals surface area contributed by atoms with Gasteiger partial charge >= 0.3 is 0 Å². The second-order valence-corrected chi connectivity index (χ2v) is 3.26. The Kier molecular flexibility index (Phi) is 3.46. The van der Waals surface area contributed by atoms with E-state index < -0.39 is 0 Å². The maximum absolute atomic E-state index is 5.31. The molecule has 0 saturated heterocycles. The molecule has 0 aliphatic carbocycles. The summed E-state index contributed by atoms with van der Waals surface area (Å²) < 4.78 is 5.31. The van der Waals surface area contributed by atoms with Crippen LogP contribution in [0.4, 0.5) is 0 Å². The molecule has 0 aromatic heterocycles. The van der Waals surface area contributed by atoms with Gasteiger partial charge < -0.3 is 4.74 Å². The molecule has 0 radical (unpaired) electrons. The van der Waals surface area contributed by atoms with Crippen LogP contribution in [0.3, 0.4) is 0 Å². The van der Waals surface area contributed by atoms with E-state index in [0.29, 0.717) is 0 Å². The maximum Gasteiger partial charge on any atom is 0.133 e. The van der Waals surface area contributed by atoms with Gasteiger partial charge in [0.15, 0.2) is 0 Å². The smallest absolute Gasteiger partial charge is 0.133 e. The molecule has 1 N–H and O–H groups in total. The first-order chi connectivity index (χ1) is 6.19. The predicted molar refractivity (Wildman–Crippen MR) is 54.7 cm³/mol. The fourth-order valence-electron chi connectivity index (χ4n) is 1.44. The van der Waals surface area contributed by atoms with E-state index in [1.807, 2.05) is 7.05 Å². The number of aryl methyl sites for hydroxylation is 2. The lowest BCUT2D eigenvalue weighted by Gasteiger charge is -2.17. The van der Waals surface area contributed by atoms with Gasteiger partial charge in [0.2, 0.25) is 0 Å². The minimum atomic E-state index is -0.0000926. The molecule has 2 heteroatoms. The number of ether oxygens (including phenoxy) is 1. The van der Waals surface area contributed by atoms with E-state index in [2.05, 4.69) is 37.4 Å². The molecule has 1 atom stereocenters. The Morgan fingerprint density at radius 3 is 2.54 bits per heavy atom. The minimum Gasteiger partial charge on any atom is -0.362 e. The van der Waals surface area contributed by atoms with Crippen molar-refractivity contribution in [1.82, 2.24) is 5.32 Å². The first-order valence-electron chi connectivity index (χ1n) is 4.46. The molecule has 1 rings (SSSR count). The van der Waals surface area contributed by atoms with Crippen molar-refractivity contribution in [2.45, 2.75) is 20.1 Å². The highest BCUT2D eigenvalue weighted by Gasteiger charge is 2.09. The minimum absolute atomic E-state index is 0.0000926. The van der Waals surface area contributed by atoms with Crippen LogP contribution in [-0.2, 0) is 4.74 Å². The Morgan fingerprint density at radius 1 is 1.31 bits per heavy atom. The third-order valence-electron chi connectivity index (χ3n) is 2.22. The van der Waals surface area contributed by atoms with E-state index >= 15 is 0 Å². The van der Waals surface area contributed by atoms with Gasteiger partial charge in [-0.3, -0.25) is 5.32 Å². The lowest BCUT2D eigenvalue weighted by molar-refractivity contribution is 0.0803. The molecule has 0 bridgehead atoms. The molecule has 1 unspecified atom stereocenters. The molecule has 0 spiro atoms. The molecule has 0 aliphatic rings. The van der Waals surface area contributed by atoms with E-state index in [4.69, 9.17) is 4.74 Å². The predicted octanol–water partition coefficient (Wildman–Crippen LogP) is 2.17. The number of hydrogen-bond donors (Lipinski definition) is 1. The second kappa shape index (κ2) is 4.40. The molecule has 0 fully saturated rings. The van der Waals surface area contributed by atoms with Crippen molar-refractivity contribution < 1.29 is 4.74 Å². The third-order valence-corrected chi connectivity index (χ3v) is 2.22. The van der Waals surface area contributed by atoms with E-state index in [9.17, 15) is 0 Å². The molecule has 1 aromatic rings. The largest absolute Gasteiger partial charge is 0.362 e. The van der Waals surface area contributed by atoms with Gasteiger partial charge in [0.25, 0.3) is 0 Å². The zero-order valence-corrected chi connectivity index (χ0v) is 8.72. The topological polar surface area (TPSA) is 21.3 Å². The quantitative estimate of drug-likeness (QED) is 0.718. The van der Waals surface area contributed by atoms with Crippen LogP contribution in [0.1, 0.15) is 22.9 Å². The summed E-state index contributed by atoms with van der Waals surface area (Å²) >= 11 is 0. The average molecular weight is 179 g/mol. The first-order valence-corrected chi connectivity index (χ1v) is 4.46. The molecule has 0 heterocycles. The van der Waals surface area contributed by atoms with Gasteiger partial charge in [0.05, 0.1) is 0 Å². The third kappa shape index (κ3) is 2.29. The summed E-state index contributed by atoms with van der Waals surface area (Å²) in [5, 5.41) is 3.11. The molecule has 1 aromatic carbocycles. The zero-order chi connectivity index (χ0) is 9.84. The SMILES string of the molecule is CNC(OC)c1cc(C)ccc1C. The summed E-state index contributed by atoms with van der Waals surface area (Å²) in [6, 6.07) is 6.38. The van der Waals surface area contributed by atoms with Gasteiger partial charge in [-0.1, -0.05) is 23.8 Å². The molecule has 0 saturated carbocycles. The van der Waals surface area contributed by atoms with Crippen LogP contribution in [0.15, 0.2) is 18.2 Å². The molecular formula is C11H17NO. The fraction of sp³-hybridized carbons (Fsp3) is 0.455. The number of hydrogen-bond acceptors (Lipinski definition) is 2. The molecule has 0 aliphatic heterocycles. The van der Waals surface area contributed by atoms with Crippen molar-refractivity contribution in [1.29, 1.82) is 0 Å². The van der Waals surface area contributed by atoms with E-state index in [0.717, 1.165) is 0 Å². The summed E-state index contributed by atoms with van der Waals surface area (Å²) in [6.45, 7) is 4.18. The molecular weight excluding hydrogens is 162 g/mol. The molecule has 72 valence electrons. The van der Waals surface area contributed by atoms with Crippen LogP contribution in [0.2, 0.25) is 0 Å². The highest BCUT2D eigenvalue weighted by molar-refractivity contribution is 5.31. The normalized spacial score (nSPS) is 12.9. The van der Waals surface area contributed by atoms with Crippen LogP contribution < -0.4 is 5.32 Å². The summed E-state index contributed by atoms with van der Waals surface area (Å²) in [5.74, 6) is 0. The number of methoxy groups -OCH3 is 1. The lowest BCUT2D eigenvalue weighted by Crippen LogP contribution is -2.19. The standard InChI is InChI=1S/C11H17NO/c1-8-5-6-9(2)10(7-8)11(12-3)13-4/h5-7,11-12H,1-4H3. The van der Waals surface area contributed by atoms with Gasteiger partial charge in [-0.15, -0.1) is 0 Å². The van der Waals surface area contributed by atoms with Crippen molar-refractivity contribution in [3.8, 4) is 0 Å². The second-order valence-electron chi connectivity index (χ2n) is 3.26. The van der Waals surface area contributed by atoms with Gasteiger partial charge in [-0.05, 0) is 32.0 Å². The molecule has 2 nitrogen and oxygen atoms in total. The van der Waals surface area contributed by atoms with Crippen LogP contribution in [-0.4, -0.2) is 14.2 Å². The maximum atomic E-state index is 5.31. The first kappa shape index (κ1) is 10.2. The number of benzene rings is 1. The van der Waals surface area contributed by atoms with Crippen molar-refractivity contribution in [3.05, 3.63) is 34.9 Å². The monoisotopic (exact) mass is 179 g/mol. The van der Waals surface area contributed by atoms with Gasteiger partial charge in [0, 0.05) is 7.11 Å². The van der Waals surface area contributed by atoms with Crippen LogP contribution in [0.5, 0.6) is 0 Å². The molecule has 13 heavy (non-hydrogen) atoms. The van der Waals surface area contributed by atoms with E-state index in [1.165, 1.54) is 16.7 Å². The van der Waals surface area contributed by atoms with Crippen LogP contribution in [0, 0.1) is 13.8 Å². The summed E-state index contributed by atoms with van der Waals surface area (Å²) in [5.41, 5.74) is 3.73. The van der Waals surface area contributed by atoms with Gasteiger partial charge in [-0.2, -0.15) is 0 Å². The van der Waals surface area contributed by atoms with Crippen molar-refractivity contribution in [2.24, 2.45) is 0 Å². The number of nitrogens with one attached hydrogen (secondary N) is 1. The van der Waals surface area contributed by atoms with Crippen LogP contribution in [0.25, 0.3) is 0 Å². The zero-order valence-electron chi connectivity index (χ0n) is 8.72.